The van der Waals surface area contributed by atoms with Crippen molar-refractivity contribution in [2.75, 3.05) is 0 Å². The molecule has 1 heterocycles. The standard InChI is InChI=1S/C8H6N2O2/c1-5-2-3-10-7(8(11)12)6(5)4-9/h2-3H,1H3,(H,11,12). The first-order valence-electron chi connectivity index (χ1n) is 3.26. The van der Waals surface area contributed by atoms with Crippen LogP contribution in [0.3, 0.4) is 0 Å². The van der Waals surface area contributed by atoms with E-state index >= 15 is 0 Å². The van der Waals surface area contributed by atoms with Crippen molar-refractivity contribution in [1.82, 2.24) is 4.98 Å². The quantitative estimate of drug-likeness (QED) is 0.667. The molecule has 0 bridgehead atoms. The van der Waals surface area contributed by atoms with Gasteiger partial charge in [-0.1, -0.05) is 0 Å². The molecule has 0 aliphatic rings. The van der Waals surface area contributed by atoms with Crippen molar-refractivity contribution < 1.29 is 9.90 Å². The third-order valence-electron chi connectivity index (χ3n) is 1.47. The molecule has 0 spiro atoms. The largest absolute Gasteiger partial charge is 0.476 e. The monoisotopic (exact) mass is 162 g/mol. The molecule has 0 radical (unpaired) electrons. The van der Waals surface area contributed by atoms with Crippen LogP contribution in [0.4, 0.5) is 0 Å². The highest BCUT2D eigenvalue weighted by Crippen LogP contribution is 2.09. The lowest BCUT2D eigenvalue weighted by Crippen LogP contribution is -2.04. The second-order valence-electron chi connectivity index (χ2n) is 2.27. The molecule has 0 fully saturated rings. The predicted molar refractivity (Wildman–Crippen MR) is 40.6 cm³/mol. The Bertz CT molecular complexity index is 366. The van der Waals surface area contributed by atoms with E-state index in [1.54, 1.807) is 19.1 Å². The van der Waals surface area contributed by atoms with E-state index in [2.05, 4.69) is 4.98 Å². The number of nitriles is 1. The summed E-state index contributed by atoms with van der Waals surface area (Å²) in [6.07, 6.45) is 1.37. The van der Waals surface area contributed by atoms with E-state index in [1.807, 2.05) is 0 Å². The first kappa shape index (κ1) is 8.21. The van der Waals surface area contributed by atoms with Gasteiger partial charge < -0.3 is 5.11 Å². The Labute approximate surface area is 69.1 Å². The molecule has 4 heteroatoms. The zero-order chi connectivity index (χ0) is 9.14. The van der Waals surface area contributed by atoms with Crippen molar-refractivity contribution in [3.63, 3.8) is 0 Å². The van der Waals surface area contributed by atoms with Crippen LogP contribution in [-0.4, -0.2) is 16.1 Å². The van der Waals surface area contributed by atoms with E-state index < -0.39 is 5.97 Å². The molecule has 0 unspecified atom stereocenters. The SMILES string of the molecule is Cc1ccnc(C(=O)O)c1C#N. The molecule has 0 saturated carbocycles. The van der Waals surface area contributed by atoms with E-state index in [-0.39, 0.29) is 11.3 Å². The number of aromatic carboxylic acids is 1. The summed E-state index contributed by atoms with van der Waals surface area (Å²) in [5.41, 5.74) is 0.576. The minimum Gasteiger partial charge on any atom is -0.476 e. The minimum absolute atomic E-state index is 0.130. The van der Waals surface area contributed by atoms with Gasteiger partial charge in [-0.25, -0.2) is 9.78 Å². The van der Waals surface area contributed by atoms with Crippen molar-refractivity contribution >= 4 is 5.97 Å². The van der Waals surface area contributed by atoms with Gasteiger partial charge in [0.25, 0.3) is 0 Å². The Hall–Kier alpha value is -1.89. The number of carboxylic acid groups (broad SMARTS) is 1. The van der Waals surface area contributed by atoms with Crippen LogP contribution >= 0.6 is 0 Å². The summed E-state index contributed by atoms with van der Waals surface area (Å²) in [6.45, 7) is 1.67. The topological polar surface area (TPSA) is 74.0 Å². The average molecular weight is 162 g/mol. The lowest BCUT2D eigenvalue weighted by Gasteiger charge is -1.98. The predicted octanol–water partition coefficient (Wildman–Crippen LogP) is 0.960. The van der Waals surface area contributed by atoms with E-state index in [9.17, 15) is 4.79 Å². The smallest absolute Gasteiger partial charge is 0.355 e. The highest BCUT2D eigenvalue weighted by Gasteiger charge is 2.12. The number of carbonyl (C=O) groups is 1. The van der Waals surface area contributed by atoms with Gasteiger partial charge in [0, 0.05) is 6.20 Å². The zero-order valence-corrected chi connectivity index (χ0v) is 6.40. The second-order valence-corrected chi connectivity index (χ2v) is 2.27. The molecule has 0 aliphatic carbocycles. The number of hydrogen-bond acceptors (Lipinski definition) is 3. The first-order valence-corrected chi connectivity index (χ1v) is 3.26. The Morgan fingerprint density at radius 3 is 2.83 bits per heavy atom. The molecule has 1 rings (SSSR count). The van der Waals surface area contributed by atoms with Crippen LogP contribution in [0, 0.1) is 18.3 Å². The van der Waals surface area contributed by atoms with E-state index in [0.717, 1.165) is 0 Å². The average Bonchev–Trinajstić information content (AvgIpc) is 2.03. The Morgan fingerprint density at radius 2 is 2.42 bits per heavy atom. The number of nitrogens with zero attached hydrogens (tertiary/aromatic N) is 2. The molecule has 0 amide bonds. The molecule has 12 heavy (non-hydrogen) atoms. The van der Waals surface area contributed by atoms with Gasteiger partial charge in [-0.2, -0.15) is 5.26 Å². The first-order chi connectivity index (χ1) is 5.66. The second kappa shape index (κ2) is 3.01. The van der Waals surface area contributed by atoms with Gasteiger partial charge in [0.15, 0.2) is 5.69 Å². The molecule has 1 N–H and O–H groups in total. The molecular formula is C8H6N2O2. The minimum atomic E-state index is -1.17. The lowest BCUT2D eigenvalue weighted by molar-refractivity contribution is 0.0690. The van der Waals surface area contributed by atoms with E-state index in [4.69, 9.17) is 10.4 Å². The van der Waals surface area contributed by atoms with E-state index in [0.29, 0.717) is 5.56 Å². The van der Waals surface area contributed by atoms with Gasteiger partial charge in [0.2, 0.25) is 0 Å². The summed E-state index contributed by atoms with van der Waals surface area (Å²) in [4.78, 5) is 14.1. The maximum absolute atomic E-state index is 10.5. The summed E-state index contributed by atoms with van der Waals surface area (Å²) in [7, 11) is 0. The normalized spacial score (nSPS) is 9.00. The summed E-state index contributed by atoms with van der Waals surface area (Å²) in [5.74, 6) is -1.17. The molecule has 1 aromatic heterocycles. The number of aryl methyl sites for hydroxylation is 1. The van der Waals surface area contributed by atoms with Crippen LogP contribution in [0.5, 0.6) is 0 Å². The summed E-state index contributed by atoms with van der Waals surface area (Å²) in [6, 6.07) is 3.40. The van der Waals surface area contributed by atoms with Gasteiger partial charge in [-0.05, 0) is 18.6 Å². The van der Waals surface area contributed by atoms with Crippen molar-refractivity contribution in [2.45, 2.75) is 6.92 Å². The molecule has 0 aromatic carbocycles. The third-order valence-corrected chi connectivity index (χ3v) is 1.47. The number of carboxylic acids is 1. The van der Waals surface area contributed by atoms with Gasteiger partial charge >= 0.3 is 5.97 Å². The van der Waals surface area contributed by atoms with E-state index in [1.165, 1.54) is 6.20 Å². The van der Waals surface area contributed by atoms with Gasteiger partial charge in [-0.3, -0.25) is 0 Å². The molecule has 4 nitrogen and oxygen atoms in total. The fourth-order valence-corrected chi connectivity index (χ4v) is 0.862. The van der Waals surface area contributed by atoms with Crippen molar-refractivity contribution in [2.24, 2.45) is 0 Å². The summed E-state index contributed by atoms with van der Waals surface area (Å²) >= 11 is 0. The number of pyridine rings is 1. The number of aromatic nitrogens is 1. The maximum atomic E-state index is 10.5. The molecule has 0 atom stereocenters. The highest BCUT2D eigenvalue weighted by molar-refractivity contribution is 5.88. The van der Waals surface area contributed by atoms with Crippen LogP contribution in [0.1, 0.15) is 21.6 Å². The highest BCUT2D eigenvalue weighted by atomic mass is 16.4. The van der Waals surface area contributed by atoms with Crippen LogP contribution in [0.25, 0.3) is 0 Å². The molecule has 60 valence electrons. The van der Waals surface area contributed by atoms with Crippen LogP contribution in [0.2, 0.25) is 0 Å². The Kier molecular flexibility index (Phi) is 2.06. The number of hydrogen-bond donors (Lipinski definition) is 1. The molecule has 1 aromatic rings. The lowest BCUT2D eigenvalue weighted by atomic mass is 10.1. The third kappa shape index (κ3) is 1.25. The summed E-state index contributed by atoms with van der Waals surface area (Å²) < 4.78 is 0. The number of rotatable bonds is 1. The summed E-state index contributed by atoms with van der Waals surface area (Å²) in [5, 5.41) is 17.2. The molecular weight excluding hydrogens is 156 g/mol. The Balaban J connectivity index is 3.40. The van der Waals surface area contributed by atoms with Gasteiger partial charge in [0.05, 0.1) is 5.56 Å². The van der Waals surface area contributed by atoms with Crippen molar-refractivity contribution in [3.8, 4) is 6.07 Å². The van der Waals surface area contributed by atoms with Gasteiger partial charge in [0.1, 0.15) is 6.07 Å². The Morgan fingerprint density at radius 1 is 1.75 bits per heavy atom. The molecule has 0 saturated heterocycles. The van der Waals surface area contributed by atoms with Crippen LogP contribution in [-0.2, 0) is 0 Å². The van der Waals surface area contributed by atoms with Crippen molar-refractivity contribution in [3.05, 3.63) is 29.1 Å². The van der Waals surface area contributed by atoms with Crippen molar-refractivity contribution in [1.29, 1.82) is 5.26 Å². The maximum Gasteiger partial charge on any atom is 0.355 e. The van der Waals surface area contributed by atoms with Crippen LogP contribution in [0.15, 0.2) is 12.3 Å². The fourth-order valence-electron chi connectivity index (χ4n) is 0.862. The zero-order valence-electron chi connectivity index (χ0n) is 6.40. The fraction of sp³-hybridized carbons (Fsp3) is 0.125. The molecule has 0 aliphatic heterocycles. The van der Waals surface area contributed by atoms with Gasteiger partial charge in [-0.15, -0.1) is 0 Å². The van der Waals surface area contributed by atoms with Crippen LogP contribution < -0.4 is 0 Å².